The van der Waals surface area contributed by atoms with E-state index in [9.17, 15) is 9.67 Å². The van der Waals surface area contributed by atoms with E-state index < -0.39 is 5.60 Å². The fourth-order valence-electron chi connectivity index (χ4n) is 2.32. The van der Waals surface area contributed by atoms with Gasteiger partial charge in [-0.3, -0.25) is 4.57 Å². The lowest BCUT2D eigenvalue weighted by atomic mass is 9.86. The van der Waals surface area contributed by atoms with Crippen LogP contribution in [0.2, 0.25) is 0 Å². The van der Waals surface area contributed by atoms with Gasteiger partial charge >= 0.3 is 0 Å². The first kappa shape index (κ1) is 18.6. The van der Waals surface area contributed by atoms with Crippen molar-refractivity contribution in [3.8, 4) is 11.8 Å². The normalized spacial score (nSPS) is 10.8. The Morgan fingerprint density at radius 2 is 1.60 bits per heavy atom. The van der Waals surface area contributed by atoms with E-state index in [0.29, 0.717) is 11.1 Å². The highest BCUT2D eigenvalue weighted by molar-refractivity contribution is 7.29. The number of rotatable bonds is 5. The quantitative estimate of drug-likeness (QED) is 0.374. The molecule has 0 amide bonds. The Kier molecular flexibility index (Phi) is 7.11. The molecule has 0 aliphatic heterocycles. The zero-order valence-electron chi connectivity index (χ0n) is 13.5. The highest BCUT2D eigenvalue weighted by atomic mass is 31.1. The molecule has 4 heteroatoms. The van der Waals surface area contributed by atoms with E-state index >= 15 is 0 Å². The van der Waals surface area contributed by atoms with Crippen molar-refractivity contribution in [1.29, 1.82) is 0 Å². The number of allylic oxidation sites excluding steroid dienone is 2. The van der Waals surface area contributed by atoms with Gasteiger partial charge in [0.1, 0.15) is 11.9 Å². The molecular formula is C21H17O3P. The molecule has 0 atom stereocenters. The minimum Gasteiger partial charge on any atom is -0.384 e. The van der Waals surface area contributed by atoms with E-state index in [1.807, 2.05) is 36.4 Å². The molecule has 25 heavy (non-hydrogen) atoms. The average Bonchev–Trinajstić information content (AvgIpc) is 2.68. The summed E-state index contributed by atoms with van der Waals surface area (Å²) in [6.07, 6.45) is 4.67. The van der Waals surface area contributed by atoms with Crippen LogP contribution in [0.4, 0.5) is 0 Å². The van der Waals surface area contributed by atoms with Gasteiger partial charge < -0.3 is 10.2 Å². The van der Waals surface area contributed by atoms with Crippen LogP contribution in [-0.2, 0) is 10.2 Å². The van der Waals surface area contributed by atoms with Crippen molar-refractivity contribution >= 4 is 8.46 Å². The Morgan fingerprint density at radius 3 is 2.08 bits per heavy atom. The molecule has 2 aromatic rings. The standard InChI is InChI=1S/C21H17O3P/c22-17-11-3-1-2-10-16-20(25-24)21(23,18-12-6-4-7-13-18)19-14-8-5-9-15-19/h1-2,4-10,12-15,22-23H,17H2. The second kappa shape index (κ2) is 9.55. The number of aliphatic hydroxyl groups is 2. The molecule has 2 rings (SSSR count). The van der Waals surface area contributed by atoms with Crippen LogP contribution in [0.25, 0.3) is 0 Å². The van der Waals surface area contributed by atoms with Gasteiger partial charge in [0.25, 0.3) is 0 Å². The molecule has 0 saturated carbocycles. The fourth-order valence-corrected chi connectivity index (χ4v) is 2.84. The third-order valence-corrected chi connectivity index (χ3v) is 4.13. The second-order valence-corrected chi connectivity index (χ2v) is 5.66. The molecule has 0 aromatic heterocycles. The summed E-state index contributed by atoms with van der Waals surface area (Å²) in [4.78, 5) is 0. The molecule has 0 unspecified atom stereocenters. The van der Waals surface area contributed by atoms with Crippen molar-refractivity contribution in [1.82, 2.24) is 0 Å². The molecular weight excluding hydrogens is 331 g/mol. The van der Waals surface area contributed by atoms with Crippen LogP contribution in [0.1, 0.15) is 11.1 Å². The van der Waals surface area contributed by atoms with Gasteiger partial charge in [0.15, 0.2) is 14.1 Å². The lowest BCUT2D eigenvalue weighted by Gasteiger charge is -2.28. The minimum absolute atomic E-state index is 0.185. The smallest absolute Gasteiger partial charge is 0.200 e. The van der Waals surface area contributed by atoms with Crippen LogP contribution in [0, 0.1) is 11.8 Å². The molecule has 0 heterocycles. The number of hydrogen-bond donors (Lipinski definition) is 2. The molecule has 124 valence electrons. The van der Waals surface area contributed by atoms with Crippen LogP contribution < -0.4 is 0 Å². The van der Waals surface area contributed by atoms with Crippen LogP contribution >= 0.6 is 8.46 Å². The maximum Gasteiger partial charge on any atom is 0.200 e. The van der Waals surface area contributed by atoms with Gasteiger partial charge in [0.05, 0.1) is 0 Å². The maximum absolute atomic E-state index is 11.8. The summed E-state index contributed by atoms with van der Waals surface area (Å²) in [5.74, 6) is 5.11. The predicted octanol–water partition coefficient (Wildman–Crippen LogP) is 3.81. The maximum atomic E-state index is 11.8. The van der Waals surface area contributed by atoms with Crippen molar-refractivity contribution in [2.75, 3.05) is 6.61 Å². The van der Waals surface area contributed by atoms with Crippen molar-refractivity contribution in [2.24, 2.45) is 0 Å². The summed E-state index contributed by atoms with van der Waals surface area (Å²) in [5.41, 5.74) is 2.52. The summed E-state index contributed by atoms with van der Waals surface area (Å²) in [7, 11) is -0.336. The lowest BCUT2D eigenvalue weighted by Crippen LogP contribution is -2.27. The van der Waals surface area contributed by atoms with E-state index in [0.717, 1.165) is 0 Å². The van der Waals surface area contributed by atoms with E-state index in [1.54, 1.807) is 30.3 Å². The van der Waals surface area contributed by atoms with Crippen molar-refractivity contribution in [3.05, 3.63) is 101 Å². The van der Waals surface area contributed by atoms with Crippen molar-refractivity contribution < 1.29 is 14.8 Å². The zero-order chi connectivity index (χ0) is 18.0. The summed E-state index contributed by atoms with van der Waals surface area (Å²) in [6.45, 7) is -0.212. The highest BCUT2D eigenvalue weighted by Crippen LogP contribution is 2.40. The van der Waals surface area contributed by atoms with Gasteiger partial charge in [-0.05, 0) is 29.4 Å². The Hall–Kier alpha value is -2.72. The van der Waals surface area contributed by atoms with E-state index in [4.69, 9.17) is 5.11 Å². The van der Waals surface area contributed by atoms with Crippen LogP contribution in [-0.4, -0.2) is 16.8 Å². The van der Waals surface area contributed by atoms with Gasteiger partial charge in [0, 0.05) is 0 Å². The van der Waals surface area contributed by atoms with Crippen LogP contribution in [0.5, 0.6) is 0 Å². The molecule has 0 spiro atoms. The predicted molar refractivity (Wildman–Crippen MR) is 99.1 cm³/mol. The van der Waals surface area contributed by atoms with Gasteiger partial charge in [-0.25, -0.2) is 0 Å². The second-order valence-electron chi connectivity index (χ2n) is 5.03. The Balaban J connectivity index is 2.56. The molecule has 3 nitrogen and oxygen atoms in total. The molecule has 0 saturated heterocycles. The van der Waals surface area contributed by atoms with Gasteiger partial charge in [-0.1, -0.05) is 72.5 Å². The highest BCUT2D eigenvalue weighted by Gasteiger charge is 2.36. The SMILES string of the molecule is O=PC(=C=CC=CC#CCO)C(O)(c1ccccc1)c1ccccc1. The fraction of sp³-hybridized carbons (Fsp3) is 0.0952. The third-order valence-electron chi connectivity index (χ3n) is 3.49. The van der Waals surface area contributed by atoms with Crippen molar-refractivity contribution in [3.63, 3.8) is 0 Å². The average molecular weight is 348 g/mol. The van der Waals surface area contributed by atoms with Crippen LogP contribution in [0.3, 0.4) is 0 Å². The number of benzene rings is 2. The monoisotopic (exact) mass is 348 g/mol. The summed E-state index contributed by atoms with van der Waals surface area (Å²) < 4.78 is 11.8. The zero-order valence-corrected chi connectivity index (χ0v) is 14.4. The molecule has 0 radical (unpaired) electrons. The molecule has 0 fully saturated rings. The lowest BCUT2D eigenvalue weighted by molar-refractivity contribution is 0.130. The molecule has 0 aliphatic carbocycles. The molecule has 0 aliphatic rings. The first-order chi connectivity index (χ1) is 12.2. The summed E-state index contributed by atoms with van der Waals surface area (Å²) in [5, 5.41) is 20.2. The first-order valence-electron chi connectivity index (χ1n) is 7.61. The third kappa shape index (κ3) is 4.64. The number of aliphatic hydroxyl groups excluding tert-OH is 1. The first-order valence-corrected chi connectivity index (χ1v) is 8.43. The minimum atomic E-state index is -1.56. The largest absolute Gasteiger partial charge is 0.384 e. The van der Waals surface area contributed by atoms with E-state index in [2.05, 4.69) is 17.6 Å². The van der Waals surface area contributed by atoms with Crippen molar-refractivity contribution in [2.45, 2.75) is 5.60 Å². The number of hydrogen-bond acceptors (Lipinski definition) is 3. The van der Waals surface area contributed by atoms with E-state index in [1.165, 1.54) is 12.2 Å². The summed E-state index contributed by atoms with van der Waals surface area (Å²) in [6, 6.07) is 18.1. The Bertz CT molecular complexity index is 813. The Morgan fingerprint density at radius 1 is 1.04 bits per heavy atom. The molecule has 2 aromatic carbocycles. The summed E-state index contributed by atoms with van der Waals surface area (Å²) >= 11 is 0. The van der Waals surface area contributed by atoms with Crippen LogP contribution in [0.15, 0.2) is 89.9 Å². The molecule has 0 bridgehead atoms. The molecule has 2 N–H and O–H groups in total. The van der Waals surface area contributed by atoms with Gasteiger partial charge in [-0.15, -0.1) is 5.73 Å². The Labute approximate surface area is 148 Å². The topological polar surface area (TPSA) is 57.5 Å². The van der Waals surface area contributed by atoms with Gasteiger partial charge in [-0.2, -0.15) is 0 Å². The van der Waals surface area contributed by atoms with Gasteiger partial charge in [0.2, 0.25) is 0 Å². The van der Waals surface area contributed by atoms with E-state index in [-0.39, 0.29) is 20.4 Å².